The summed E-state index contributed by atoms with van der Waals surface area (Å²) in [5.41, 5.74) is 2.71. The van der Waals surface area contributed by atoms with Gasteiger partial charge in [0.05, 0.1) is 12.8 Å². The number of nitrogens with one attached hydrogen (secondary N) is 2. The molecule has 9 heteroatoms. The Balaban J connectivity index is 1.73. The fourth-order valence-corrected chi connectivity index (χ4v) is 4.26. The van der Waals surface area contributed by atoms with Gasteiger partial charge >= 0.3 is 5.69 Å². The van der Waals surface area contributed by atoms with Crippen molar-refractivity contribution in [1.29, 1.82) is 0 Å². The molecule has 0 bridgehead atoms. The summed E-state index contributed by atoms with van der Waals surface area (Å²) in [7, 11) is 1.61. The summed E-state index contributed by atoms with van der Waals surface area (Å²) in [6.07, 6.45) is 0.244. The molecule has 0 fully saturated rings. The van der Waals surface area contributed by atoms with E-state index in [0.717, 1.165) is 11.4 Å². The van der Waals surface area contributed by atoms with E-state index in [9.17, 15) is 9.59 Å². The fourth-order valence-electron chi connectivity index (χ4n) is 3.22. The average molecular weight is 436 g/mol. The molecule has 2 aromatic heterocycles. The van der Waals surface area contributed by atoms with E-state index in [1.807, 2.05) is 41.0 Å². The van der Waals surface area contributed by atoms with Gasteiger partial charge in [0.15, 0.2) is 5.16 Å². The van der Waals surface area contributed by atoms with Gasteiger partial charge in [-0.3, -0.25) is 14.3 Å². The van der Waals surface area contributed by atoms with E-state index in [-0.39, 0.29) is 6.42 Å². The van der Waals surface area contributed by atoms with E-state index in [4.69, 9.17) is 4.74 Å². The first-order chi connectivity index (χ1) is 15.0. The van der Waals surface area contributed by atoms with Gasteiger partial charge in [-0.25, -0.2) is 4.79 Å². The van der Waals surface area contributed by atoms with Crippen LogP contribution in [0.2, 0.25) is 0 Å². The van der Waals surface area contributed by atoms with Crippen LogP contribution in [0.15, 0.2) is 69.3 Å². The van der Waals surface area contributed by atoms with Gasteiger partial charge in [0.2, 0.25) is 0 Å². The number of nitrogens with zero attached hydrogens (tertiary/aromatic N) is 3. The lowest BCUT2D eigenvalue weighted by atomic mass is 10.1. The van der Waals surface area contributed by atoms with E-state index in [1.54, 1.807) is 18.9 Å². The first-order valence-electron chi connectivity index (χ1n) is 9.62. The zero-order valence-electron chi connectivity index (χ0n) is 17.1. The minimum Gasteiger partial charge on any atom is -0.497 e. The molecule has 0 saturated carbocycles. The van der Waals surface area contributed by atoms with Crippen molar-refractivity contribution in [2.24, 2.45) is 0 Å². The molecule has 0 radical (unpaired) electrons. The monoisotopic (exact) mass is 435 g/mol. The van der Waals surface area contributed by atoms with Crippen LogP contribution < -0.4 is 16.0 Å². The second-order valence-electron chi connectivity index (χ2n) is 6.94. The zero-order valence-corrected chi connectivity index (χ0v) is 17.9. The Labute approximate surface area is 182 Å². The van der Waals surface area contributed by atoms with Gasteiger partial charge in [0.25, 0.3) is 5.56 Å². The Morgan fingerprint density at radius 1 is 1.03 bits per heavy atom. The molecular formula is C22H21N5O3S. The van der Waals surface area contributed by atoms with Gasteiger partial charge in [-0.15, -0.1) is 10.2 Å². The molecule has 0 aliphatic rings. The highest BCUT2D eigenvalue weighted by atomic mass is 32.2. The number of H-pyrrole nitrogens is 2. The molecule has 0 aliphatic heterocycles. The lowest BCUT2D eigenvalue weighted by molar-refractivity contribution is 0.414. The van der Waals surface area contributed by atoms with Crippen LogP contribution in [0.25, 0.3) is 5.69 Å². The number of methoxy groups -OCH3 is 1. The molecule has 2 aromatic carbocycles. The highest BCUT2D eigenvalue weighted by Gasteiger charge is 2.17. The van der Waals surface area contributed by atoms with E-state index in [0.29, 0.717) is 22.4 Å². The number of aromatic amines is 2. The van der Waals surface area contributed by atoms with Crippen molar-refractivity contribution >= 4 is 11.8 Å². The summed E-state index contributed by atoms with van der Waals surface area (Å²) in [6.45, 7) is 2.08. The van der Waals surface area contributed by atoms with Gasteiger partial charge in [0.1, 0.15) is 11.6 Å². The van der Waals surface area contributed by atoms with Crippen molar-refractivity contribution in [3.8, 4) is 11.4 Å². The van der Waals surface area contributed by atoms with Gasteiger partial charge in [0, 0.05) is 30.0 Å². The number of benzene rings is 2. The van der Waals surface area contributed by atoms with E-state index < -0.39 is 11.2 Å². The van der Waals surface area contributed by atoms with Crippen molar-refractivity contribution in [1.82, 2.24) is 24.7 Å². The smallest absolute Gasteiger partial charge is 0.325 e. The number of aromatic nitrogens is 5. The van der Waals surface area contributed by atoms with Crippen LogP contribution in [0.3, 0.4) is 0 Å². The Morgan fingerprint density at radius 2 is 1.87 bits per heavy atom. The molecule has 0 amide bonds. The van der Waals surface area contributed by atoms with E-state index >= 15 is 0 Å². The molecule has 0 spiro atoms. The highest BCUT2D eigenvalue weighted by molar-refractivity contribution is 7.98. The molecule has 0 saturated heterocycles. The number of thioether (sulfide) groups is 1. The average Bonchev–Trinajstić information content (AvgIpc) is 3.14. The first kappa shape index (κ1) is 20.7. The van der Waals surface area contributed by atoms with Crippen LogP contribution in [0.5, 0.6) is 5.75 Å². The summed E-state index contributed by atoms with van der Waals surface area (Å²) in [5.74, 6) is 2.04. The van der Waals surface area contributed by atoms with Crippen molar-refractivity contribution in [2.45, 2.75) is 24.3 Å². The van der Waals surface area contributed by atoms with Gasteiger partial charge in [-0.2, -0.15) is 0 Å². The maximum Gasteiger partial charge on any atom is 0.325 e. The minimum atomic E-state index is -0.552. The van der Waals surface area contributed by atoms with Crippen molar-refractivity contribution in [3.05, 3.63) is 98.1 Å². The van der Waals surface area contributed by atoms with Crippen molar-refractivity contribution in [3.63, 3.8) is 0 Å². The van der Waals surface area contributed by atoms with Gasteiger partial charge in [-0.05, 0) is 30.2 Å². The third-order valence-electron chi connectivity index (χ3n) is 4.79. The molecule has 158 valence electrons. The summed E-state index contributed by atoms with van der Waals surface area (Å²) >= 11 is 1.57. The normalized spacial score (nSPS) is 10.9. The molecule has 0 unspecified atom stereocenters. The van der Waals surface area contributed by atoms with E-state index in [2.05, 4.69) is 39.2 Å². The maximum atomic E-state index is 11.7. The topological polar surface area (TPSA) is 106 Å². The molecule has 4 aromatic rings. The second-order valence-corrected chi connectivity index (χ2v) is 7.88. The van der Waals surface area contributed by atoms with E-state index in [1.165, 1.54) is 17.2 Å². The minimum absolute atomic E-state index is 0.244. The van der Waals surface area contributed by atoms with Gasteiger partial charge < -0.3 is 9.72 Å². The number of hydrogen-bond donors (Lipinski definition) is 2. The van der Waals surface area contributed by atoms with Crippen molar-refractivity contribution in [2.75, 3.05) is 7.11 Å². The van der Waals surface area contributed by atoms with Crippen LogP contribution in [0, 0.1) is 6.92 Å². The van der Waals surface area contributed by atoms with Crippen molar-refractivity contribution < 1.29 is 4.74 Å². The third kappa shape index (κ3) is 4.77. The maximum absolute atomic E-state index is 11.7. The summed E-state index contributed by atoms with van der Waals surface area (Å²) in [5, 5.41) is 9.45. The zero-order chi connectivity index (χ0) is 21.8. The predicted octanol–water partition coefficient (Wildman–Crippen LogP) is 2.84. The van der Waals surface area contributed by atoms with Crippen LogP contribution in [-0.2, 0) is 12.2 Å². The molecule has 0 aliphatic carbocycles. The lowest BCUT2D eigenvalue weighted by Gasteiger charge is -2.12. The second kappa shape index (κ2) is 9.05. The van der Waals surface area contributed by atoms with Gasteiger partial charge in [-0.1, -0.05) is 42.1 Å². The lowest BCUT2D eigenvalue weighted by Crippen LogP contribution is -2.23. The largest absolute Gasteiger partial charge is 0.497 e. The first-order valence-corrected chi connectivity index (χ1v) is 10.6. The number of ether oxygens (including phenoxy) is 1. The Kier molecular flexibility index (Phi) is 6.03. The van der Waals surface area contributed by atoms with Crippen LogP contribution in [0.4, 0.5) is 0 Å². The SMILES string of the molecule is COc1cccc(-n2c(Cc3cc(=O)[nH]c(=O)[nH]3)nnc2SCc2ccccc2C)c1. The van der Waals surface area contributed by atoms with Crippen LogP contribution in [0.1, 0.15) is 22.6 Å². The third-order valence-corrected chi connectivity index (χ3v) is 5.77. The molecular weight excluding hydrogens is 414 g/mol. The van der Waals surface area contributed by atoms with Crippen LogP contribution >= 0.6 is 11.8 Å². The molecule has 31 heavy (non-hydrogen) atoms. The quantitative estimate of drug-likeness (QED) is 0.433. The number of rotatable bonds is 7. The molecule has 4 rings (SSSR count). The highest BCUT2D eigenvalue weighted by Crippen LogP contribution is 2.28. The molecule has 2 heterocycles. The summed E-state index contributed by atoms with van der Waals surface area (Å²) < 4.78 is 7.30. The fraction of sp³-hybridized carbons (Fsp3) is 0.182. The summed E-state index contributed by atoms with van der Waals surface area (Å²) in [6, 6.07) is 17.1. The standard InChI is InChI=1S/C22H21N5O3S/c1-14-6-3-4-7-15(14)13-31-22-26-25-19(10-16-11-20(28)24-21(29)23-16)27(22)17-8-5-9-18(12-17)30-2/h3-9,11-12H,10,13H2,1-2H3,(H2,23,24,28,29). The Bertz CT molecular complexity index is 1300. The molecule has 8 nitrogen and oxygen atoms in total. The number of hydrogen-bond acceptors (Lipinski definition) is 6. The predicted molar refractivity (Wildman–Crippen MR) is 119 cm³/mol. The molecule has 2 N–H and O–H groups in total. The number of aryl methyl sites for hydroxylation is 1. The Hall–Kier alpha value is -3.59. The van der Waals surface area contributed by atoms with Crippen LogP contribution in [-0.4, -0.2) is 31.8 Å². The molecule has 0 atom stereocenters. The Morgan fingerprint density at radius 3 is 2.65 bits per heavy atom. The summed E-state index contributed by atoms with van der Waals surface area (Å²) in [4.78, 5) is 28.2.